The fourth-order valence-electron chi connectivity index (χ4n) is 3.09. The highest BCUT2D eigenvalue weighted by Gasteiger charge is 2.33. The van der Waals surface area contributed by atoms with E-state index in [1.54, 1.807) is 7.11 Å². The van der Waals surface area contributed by atoms with Crippen LogP contribution in [0.25, 0.3) is 0 Å². The van der Waals surface area contributed by atoms with Crippen molar-refractivity contribution in [1.82, 2.24) is 4.90 Å². The van der Waals surface area contributed by atoms with Crippen molar-refractivity contribution in [3.05, 3.63) is 23.2 Å². The zero-order chi connectivity index (χ0) is 12.5. The Hall–Kier alpha value is -0.930. The summed E-state index contributed by atoms with van der Waals surface area (Å²) in [5.41, 5.74) is 1.11. The summed E-state index contributed by atoms with van der Waals surface area (Å²) < 4.78 is 5.25. The number of fused-ring (bicyclic) bond motifs is 3. The molecule has 3 aliphatic heterocycles. The van der Waals surface area contributed by atoms with E-state index >= 15 is 0 Å². The fraction of sp³-hybridized carbons (Fsp3) is 0.571. The van der Waals surface area contributed by atoms with Crippen LogP contribution in [0.15, 0.2) is 18.2 Å². The molecule has 0 spiro atoms. The summed E-state index contributed by atoms with van der Waals surface area (Å²) in [4.78, 5) is 2.55. The summed E-state index contributed by atoms with van der Waals surface area (Å²) in [7, 11) is 1.65. The van der Waals surface area contributed by atoms with Gasteiger partial charge >= 0.3 is 0 Å². The van der Waals surface area contributed by atoms with E-state index in [1.807, 2.05) is 18.2 Å². The Bertz CT molecular complexity index is 430. The van der Waals surface area contributed by atoms with Gasteiger partial charge in [0.05, 0.1) is 12.1 Å². The molecule has 1 atom stereocenters. The van der Waals surface area contributed by atoms with Crippen LogP contribution in [-0.2, 0) is 0 Å². The maximum atomic E-state index is 6.04. The molecule has 1 aromatic rings. The molecule has 1 N–H and O–H groups in total. The summed E-state index contributed by atoms with van der Waals surface area (Å²) in [5, 5.41) is 4.30. The van der Waals surface area contributed by atoms with Gasteiger partial charge in [-0.2, -0.15) is 0 Å². The monoisotopic (exact) mass is 266 g/mol. The molecule has 4 rings (SSSR count). The topological polar surface area (TPSA) is 24.5 Å². The van der Waals surface area contributed by atoms with E-state index in [0.717, 1.165) is 23.9 Å². The van der Waals surface area contributed by atoms with Gasteiger partial charge in [-0.15, -0.1) is 0 Å². The molecule has 98 valence electrons. The lowest BCUT2D eigenvalue weighted by molar-refractivity contribution is 0.0975. The van der Waals surface area contributed by atoms with Crippen LogP contribution < -0.4 is 10.1 Å². The van der Waals surface area contributed by atoms with Gasteiger partial charge in [-0.25, -0.2) is 0 Å². The van der Waals surface area contributed by atoms with Gasteiger partial charge in [-0.1, -0.05) is 11.6 Å². The summed E-state index contributed by atoms with van der Waals surface area (Å²) in [5.74, 6) is 1.56. The van der Waals surface area contributed by atoms with Crippen molar-refractivity contribution in [1.29, 1.82) is 0 Å². The van der Waals surface area contributed by atoms with Crippen LogP contribution in [0, 0.1) is 5.92 Å². The minimum Gasteiger partial charge on any atom is -0.495 e. The molecular formula is C14H19ClN2O. The minimum atomic E-state index is 0.568. The summed E-state index contributed by atoms with van der Waals surface area (Å²) in [6, 6.07) is 6.48. The van der Waals surface area contributed by atoms with E-state index in [9.17, 15) is 0 Å². The van der Waals surface area contributed by atoms with Gasteiger partial charge in [0, 0.05) is 24.3 Å². The molecule has 3 heterocycles. The Kier molecular flexibility index (Phi) is 3.35. The van der Waals surface area contributed by atoms with Gasteiger partial charge < -0.3 is 15.0 Å². The average molecular weight is 267 g/mol. The van der Waals surface area contributed by atoms with Crippen LogP contribution in [0.3, 0.4) is 0 Å². The number of hydrogen-bond donors (Lipinski definition) is 1. The lowest BCUT2D eigenvalue weighted by atomic mass is 9.84. The minimum absolute atomic E-state index is 0.568. The van der Waals surface area contributed by atoms with Crippen LogP contribution in [0.1, 0.15) is 12.8 Å². The van der Waals surface area contributed by atoms with Crippen LogP contribution in [-0.4, -0.2) is 37.7 Å². The number of ether oxygens (including phenoxy) is 1. The third kappa shape index (κ3) is 2.29. The van der Waals surface area contributed by atoms with Crippen molar-refractivity contribution >= 4 is 17.3 Å². The quantitative estimate of drug-likeness (QED) is 0.911. The second-order valence-corrected chi connectivity index (χ2v) is 5.65. The number of nitrogens with one attached hydrogen (secondary N) is 1. The first kappa shape index (κ1) is 12.1. The Morgan fingerprint density at radius 2 is 2.11 bits per heavy atom. The lowest BCUT2D eigenvalue weighted by Gasteiger charge is -2.45. The predicted molar refractivity (Wildman–Crippen MR) is 74.6 cm³/mol. The summed E-state index contributed by atoms with van der Waals surface area (Å²) >= 11 is 6.04. The van der Waals surface area contributed by atoms with Gasteiger partial charge in [-0.05, 0) is 44.0 Å². The van der Waals surface area contributed by atoms with E-state index in [1.165, 1.54) is 25.9 Å². The van der Waals surface area contributed by atoms with Gasteiger partial charge in [0.25, 0.3) is 0 Å². The van der Waals surface area contributed by atoms with Gasteiger partial charge in [0.15, 0.2) is 0 Å². The highest BCUT2D eigenvalue weighted by Crippen LogP contribution is 2.32. The number of anilines is 1. The second kappa shape index (κ2) is 4.98. The van der Waals surface area contributed by atoms with Crippen molar-refractivity contribution < 1.29 is 4.74 Å². The molecular weight excluding hydrogens is 248 g/mol. The highest BCUT2D eigenvalue weighted by atomic mass is 35.5. The third-order valence-electron chi connectivity index (χ3n) is 4.16. The molecule has 0 radical (unpaired) electrons. The smallest absolute Gasteiger partial charge is 0.139 e. The first-order valence-electron chi connectivity index (χ1n) is 6.58. The van der Waals surface area contributed by atoms with E-state index in [-0.39, 0.29) is 0 Å². The van der Waals surface area contributed by atoms with Crippen molar-refractivity contribution in [2.24, 2.45) is 5.92 Å². The Balaban J connectivity index is 1.72. The van der Waals surface area contributed by atoms with Crippen LogP contribution in [0.5, 0.6) is 5.75 Å². The zero-order valence-corrected chi connectivity index (χ0v) is 11.4. The first-order chi connectivity index (χ1) is 8.76. The number of rotatable bonds is 3. The Morgan fingerprint density at radius 3 is 2.72 bits per heavy atom. The van der Waals surface area contributed by atoms with Crippen LogP contribution in [0.4, 0.5) is 5.69 Å². The molecule has 4 heteroatoms. The number of methoxy groups -OCH3 is 1. The van der Waals surface area contributed by atoms with Gasteiger partial charge in [0.2, 0.25) is 0 Å². The largest absolute Gasteiger partial charge is 0.495 e. The number of hydrogen-bond acceptors (Lipinski definition) is 3. The van der Waals surface area contributed by atoms with Crippen LogP contribution in [0.2, 0.25) is 5.02 Å². The number of piperidine rings is 3. The molecule has 0 saturated carbocycles. The molecule has 0 aliphatic carbocycles. The van der Waals surface area contributed by atoms with Gasteiger partial charge in [-0.3, -0.25) is 0 Å². The average Bonchev–Trinajstić information content (AvgIpc) is 2.42. The maximum absolute atomic E-state index is 6.04. The number of halogens is 1. The van der Waals surface area contributed by atoms with Crippen molar-refractivity contribution in [2.45, 2.75) is 18.9 Å². The number of nitrogens with zero attached hydrogens (tertiary/aromatic N) is 1. The Labute approximate surface area is 113 Å². The second-order valence-electron chi connectivity index (χ2n) is 5.24. The molecule has 3 aliphatic rings. The van der Waals surface area contributed by atoms with E-state index in [4.69, 9.17) is 16.3 Å². The third-order valence-corrected chi connectivity index (χ3v) is 4.47. The molecule has 2 bridgehead atoms. The van der Waals surface area contributed by atoms with Crippen molar-refractivity contribution in [3.8, 4) is 5.75 Å². The van der Waals surface area contributed by atoms with Crippen molar-refractivity contribution in [2.75, 3.05) is 32.1 Å². The fourth-order valence-corrected chi connectivity index (χ4v) is 3.29. The van der Waals surface area contributed by atoms with E-state index in [2.05, 4.69) is 10.2 Å². The predicted octanol–water partition coefficient (Wildman–Crippen LogP) is 2.85. The van der Waals surface area contributed by atoms with Gasteiger partial charge in [0.1, 0.15) is 5.75 Å². The SMILES string of the molecule is COc1cc(NC2CN3CCC2CC3)ccc1Cl. The summed E-state index contributed by atoms with van der Waals surface area (Å²) in [6.45, 7) is 3.70. The maximum Gasteiger partial charge on any atom is 0.139 e. The first-order valence-corrected chi connectivity index (χ1v) is 6.96. The lowest BCUT2D eigenvalue weighted by Crippen LogP contribution is -2.53. The normalized spacial score (nSPS) is 30.2. The van der Waals surface area contributed by atoms with Crippen molar-refractivity contribution in [3.63, 3.8) is 0 Å². The number of benzene rings is 1. The molecule has 3 fully saturated rings. The molecule has 18 heavy (non-hydrogen) atoms. The van der Waals surface area contributed by atoms with Crippen LogP contribution >= 0.6 is 11.6 Å². The van der Waals surface area contributed by atoms with E-state index < -0.39 is 0 Å². The molecule has 0 aromatic heterocycles. The standard InChI is InChI=1S/C14H19ClN2O/c1-18-14-8-11(2-3-12(14)15)16-13-9-17-6-4-10(13)5-7-17/h2-3,8,10,13,16H,4-7,9H2,1H3. The van der Waals surface area contributed by atoms with E-state index in [0.29, 0.717) is 11.1 Å². The molecule has 1 aromatic carbocycles. The molecule has 3 nitrogen and oxygen atoms in total. The zero-order valence-electron chi connectivity index (χ0n) is 10.7. The summed E-state index contributed by atoms with van der Waals surface area (Å²) in [6.07, 6.45) is 2.64. The molecule has 0 amide bonds. The molecule has 1 unspecified atom stereocenters. The molecule has 3 saturated heterocycles. The highest BCUT2D eigenvalue weighted by molar-refractivity contribution is 6.32. The Morgan fingerprint density at radius 1 is 1.33 bits per heavy atom.